The molecule has 1 N–H and O–H groups in total. The first kappa shape index (κ1) is 21.1. The molecular formula is C19H20BrN3O5S. The van der Waals surface area contributed by atoms with Crippen LogP contribution < -0.4 is 19.5 Å². The molecule has 0 spiro atoms. The van der Waals surface area contributed by atoms with Crippen LogP contribution in [0, 0.1) is 0 Å². The molecule has 1 amide bonds. The minimum atomic E-state index is -0.433. The van der Waals surface area contributed by atoms with Gasteiger partial charge in [0, 0.05) is 5.56 Å². The molecule has 0 bridgehead atoms. The molecule has 8 nitrogen and oxygen atoms in total. The summed E-state index contributed by atoms with van der Waals surface area (Å²) in [6.45, 7) is 6.85. The van der Waals surface area contributed by atoms with Gasteiger partial charge in [0.2, 0.25) is 5.75 Å². The smallest absolute Gasteiger partial charge is 0.322 e. The summed E-state index contributed by atoms with van der Waals surface area (Å²) < 4.78 is 23.4. The number of hydrogen-bond donors (Lipinski definition) is 1. The predicted molar refractivity (Wildman–Crippen MR) is 113 cm³/mol. The molecule has 2 heterocycles. The zero-order valence-corrected chi connectivity index (χ0v) is 18.6. The number of benzene rings is 1. The van der Waals surface area contributed by atoms with Gasteiger partial charge in [0.15, 0.2) is 11.5 Å². The van der Waals surface area contributed by atoms with Gasteiger partial charge in [-0.05, 0) is 61.0 Å². The van der Waals surface area contributed by atoms with Crippen molar-refractivity contribution in [3.63, 3.8) is 0 Å². The van der Waals surface area contributed by atoms with Gasteiger partial charge in [-0.25, -0.2) is 0 Å². The number of halogens is 1. The highest BCUT2D eigenvalue weighted by atomic mass is 79.9. The Labute approximate surface area is 180 Å². The van der Waals surface area contributed by atoms with Gasteiger partial charge in [-0.2, -0.15) is 0 Å². The molecule has 0 saturated heterocycles. The van der Waals surface area contributed by atoms with E-state index in [1.807, 2.05) is 32.9 Å². The second-order valence-corrected chi connectivity index (χ2v) is 8.03. The first-order valence-electron chi connectivity index (χ1n) is 9.02. The lowest BCUT2D eigenvalue weighted by molar-refractivity contribution is 0.102. The minimum absolute atomic E-state index is 0.000623. The molecule has 0 aliphatic carbocycles. The number of carbonyl (C=O) groups is 1. The van der Waals surface area contributed by atoms with Crippen LogP contribution in [0.4, 0.5) is 6.01 Å². The molecule has 0 saturated carbocycles. The normalized spacial score (nSPS) is 10.6. The van der Waals surface area contributed by atoms with Crippen molar-refractivity contribution in [2.24, 2.45) is 0 Å². The summed E-state index contributed by atoms with van der Waals surface area (Å²) in [6, 6.07) is 6.93. The molecule has 0 aliphatic heterocycles. The summed E-state index contributed by atoms with van der Waals surface area (Å²) in [6.07, 6.45) is 0. The van der Waals surface area contributed by atoms with Crippen LogP contribution in [-0.4, -0.2) is 35.9 Å². The Bertz CT molecular complexity index is 961. The van der Waals surface area contributed by atoms with E-state index in [1.54, 1.807) is 12.1 Å². The molecule has 0 aliphatic rings. The number of carbonyl (C=O) groups excluding carboxylic acids is 1. The highest BCUT2D eigenvalue weighted by molar-refractivity contribution is 9.11. The van der Waals surface area contributed by atoms with Crippen molar-refractivity contribution >= 4 is 39.2 Å². The number of nitrogens with zero attached hydrogens (tertiary/aromatic N) is 2. The number of aromatic nitrogens is 2. The molecule has 10 heteroatoms. The lowest BCUT2D eigenvalue weighted by Gasteiger charge is -2.16. The Morgan fingerprint density at radius 3 is 2.28 bits per heavy atom. The minimum Gasteiger partial charge on any atom is -0.490 e. The second kappa shape index (κ2) is 9.75. The van der Waals surface area contributed by atoms with Gasteiger partial charge in [-0.15, -0.1) is 16.4 Å². The number of thiophene rings is 1. The van der Waals surface area contributed by atoms with Gasteiger partial charge in [-0.3, -0.25) is 10.1 Å². The Morgan fingerprint density at radius 2 is 1.72 bits per heavy atom. The Kier molecular flexibility index (Phi) is 7.10. The van der Waals surface area contributed by atoms with Crippen LogP contribution in [0.2, 0.25) is 0 Å². The van der Waals surface area contributed by atoms with Crippen molar-refractivity contribution < 1.29 is 23.4 Å². The van der Waals surface area contributed by atoms with Gasteiger partial charge in [0.05, 0.1) is 28.5 Å². The second-order valence-electron chi connectivity index (χ2n) is 5.57. The molecule has 3 rings (SSSR count). The molecule has 2 aromatic heterocycles. The zero-order chi connectivity index (χ0) is 20.8. The number of anilines is 1. The fourth-order valence-corrected chi connectivity index (χ4v) is 3.80. The first-order valence-corrected chi connectivity index (χ1v) is 10.6. The highest BCUT2D eigenvalue weighted by Gasteiger charge is 2.20. The number of hydrogen-bond acceptors (Lipinski definition) is 8. The average molecular weight is 482 g/mol. The summed E-state index contributed by atoms with van der Waals surface area (Å²) >= 11 is 4.84. The van der Waals surface area contributed by atoms with Crippen LogP contribution in [0.25, 0.3) is 10.8 Å². The number of amides is 1. The number of ether oxygens (including phenoxy) is 3. The van der Waals surface area contributed by atoms with Crippen LogP contribution in [0.3, 0.4) is 0 Å². The first-order chi connectivity index (χ1) is 14.0. The van der Waals surface area contributed by atoms with E-state index in [0.717, 1.165) is 8.66 Å². The van der Waals surface area contributed by atoms with Crippen LogP contribution in [0.1, 0.15) is 31.1 Å². The van der Waals surface area contributed by atoms with Gasteiger partial charge in [-0.1, -0.05) is 5.10 Å². The van der Waals surface area contributed by atoms with Crippen LogP contribution in [0.15, 0.2) is 32.5 Å². The quantitative estimate of drug-likeness (QED) is 0.458. The molecule has 3 aromatic rings. The summed E-state index contributed by atoms with van der Waals surface area (Å²) in [5.41, 5.74) is 0.318. The van der Waals surface area contributed by atoms with E-state index in [9.17, 15) is 4.79 Å². The third-order valence-electron chi connectivity index (χ3n) is 3.60. The number of rotatable bonds is 9. The van der Waals surface area contributed by atoms with E-state index in [4.69, 9.17) is 18.6 Å². The van der Waals surface area contributed by atoms with Gasteiger partial charge in [0.1, 0.15) is 0 Å². The predicted octanol–water partition coefficient (Wildman–Crippen LogP) is 5.01. The van der Waals surface area contributed by atoms with Crippen LogP contribution >= 0.6 is 27.3 Å². The molecule has 154 valence electrons. The lowest BCUT2D eigenvalue weighted by atomic mass is 10.1. The third-order valence-corrected chi connectivity index (χ3v) is 5.21. The maximum absolute atomic E-state index is 12.8. The zero-order valence-electron chi connectivity index (χ0n) is 16.2. The molecule has 0 radical (unpaired) electrons. The van der Waals surface area contributed by atoms with Gasteiger partial charge < -0.3 is 18.6 Å². The van der Waals surface area contributed by atoms with Crippen molar-refractivity contribution in [3.05, 3.63) is 33.6 Å². The highest BCUT2D eigenvalue weighted by Crippen LogP contribution is 2.39. The van der Waals surface area contributed by atoms with E-state index < -0.39 is 5.91 Å². The van der Waals surface area contributed by atoms with Crippen molar-refractivity contribution in [2.45, 2.75) is 20.8 Å². The van der Waals surface area contributed by atoms with E-state index in [1.165, 1.54) is 11.3 Å². The van der Waals surface area contributed by atoms with Crippen LogP contribution in [0.5, 0.6) is 17.2 Å². The Balaban J connectivity index is 1.85. The molecule has 0 fully saturated rings. The molecule has 1 aromatic carbocycles. The van der Waals surface area contributed by atoms with Crippen molar-refractivity contribution in [2.75, 3.05) is 25.1 Å². The molecular weight excluding hydrogens is 462 g/mol. The van der Waals surface area contributed by atoms with Crippen molar-refractivity contribution in [1.82, 2.24) is 10.2 Å². The molecule has 0 atom stereocenters. The topological polar surface area (TPSA) is 95.7 Å². The maximum Gasteiger partial charge on any atom is 0.322 e. The summed E-state index contributed by atoms with van der Waals surface area (Å²) in [5, 5.41) is 10.5. The average Bonchev–Trinajstić information content (AvgIpc) is 3.33. The summed E-state index contributed by atoms with van der Waals surface area (Å²) in [5.74, 6) is 1.22. The number of nitrogens with one attached hydrogen (secondary N) is 1. The summed E-state index contributed by atoms with van der Waals surface area (Å²) in [4.78, 5) is 13.5. The monoisotopic (exact) mass is 481 g/mol. The largest absolute Gasteiger partial charge is 0.490 e. The molecule has 0 unspecified atom stereocenters. The third kappa shape index (κ3) is 5.07. The molecule has 29 heavy (non-hydrogen) atoms. The van der Waals surface area contributed by atoms with E-state index in [-0.39, 0.29) is 6.01 Å². The van der Waals surface area contributed by atoms with Gasteiger partial charge >= 0.3 is 6.01 Å². The fourth-order valence-electron chi connectivity index (χ4n) is 2.49. The standard InChI is InChI=1S/C19H20BrN3O5S/c1-4-25-12-9-11(10-13(26-5-2)16(12)27-6-3)17(24)21-19-23-22-18(28-19)14-7-8-15(20)29-14/h7-10H,4-6H2,1-3H3,(H,21,23,24). The Hall–Kier alpha value is -2.59. The Morgan fingerprint density at radius 1 is 1.07 bits per heavy atom. The summed E-state index contributed by atoms with van der Waals surface area (Å²) in [7, 11) is 0. The van der Waals surface area contributed by atoms with Crippen molar-refractivity contribution in [1.29, 1.82) is 0 Å². The van der Waals surface area contributed by atoms with E-state index in [2.05, 4.69) is 31.4 Å². The van der Waals surface area contributed by atoms with Gasteiger partial charge in [0.25, 0.3) is 11.8 Å². The van der Waals surface area contributed by atoms with Crippen molar-refractivity contribution in [3.8, 4) is 28.0 Å². The SMILES string of the molecule is CCOc1cc(C(=O)Nc2nnc(-c3ccc(Br)s3)o2)cc(OCC)c1OCC. The van der Waals surface area contributed by atoms with Crippen LogP contribution in [-0.2, 0) is 0 Å². The maximum atomic E-state index is 12.8. The fraction of sp³-hybridized carbons (Fsp3) is 0.316. The van der Waals surface area contributed by atoms with E-state index >= 15 is 0 Å². The van der Waals surface area contributed by atoms with E-state index in [0.29, 0.717) is 48.5 Å². The lowest BCUT2D eigenvalue weighted by Crippen LogP contribution is -2.13.